The normalized spacial score (nSPS) is 31.4. The van der Waals surface area contributed by atoms with Crippen LogP contribution in [0.25, 0.3) is 0 Å². The summed E-state index contributed by atoms with van der Waals surface area (Å²) in [6, 6.07) is 11.1. The average molecular weight is 726 g/mol. The summed E-state index contributed by atoms with van der Waals surface area (Å²) in [5.74, 6) is -0.404. The first-order chi connectivity index (χ1) is 23.8. The molecule has 1 N–H and O–H groups in total. The minimum Gasteiger partial charge on any atom is -0.490 e. The number of likely N-dealkylation sites (tertiary alicyclic amines) is 1. The largest absolute Gasteiger partial charge is 0.490 e. The number of rotatable bonds is 2. The van der Waals surface area contributed by atoms with Crippen LogP contribution >= 0.6 is 11.6 Å². The van der Waals surface area contributed by atoms with Gasteiger partial charge in [0.15, 0.2) is 15.6 Å². The number of carbonyl (C=O) groups excluding carboxylic acids is 2. The number of aryl methyl sites for hydroxylation is 1. The Kier molecular flexibility index (Phi) is 9.73. The van der Waals surface area contributed by atoms with E-state index in [1.54, 1.807) is 38.1 Å². The Morgan fingerprint density at radius 1 is 1.10 bits per heavy atom. The zero-order valence-electron chi connectivity index (χ0n) is 29.2. The molecule has 1 saturated heterocycles. The van der Waals surface area contributed by atoms with Crippen molar-refractivity contribution >= 4 is 39.0 Å². The highest BCUT2D eigenvalue weighted by atomic mass is 35.5. The number of anilines is 1. The monoisotopic (exact) mass is 725 g/mol. The summed E-state index contributed by atoms with van der Waals surface area (Å²) in [5, 5.41) is 3.77. The van der Waals surface area contributed by atoms with Crippen molar-refractivity contribution in [3.05, 3.63) is 64.7 Å². The van der Waals surface area contributed by atoms with Crippen LogP contribution in [0.1, 0.15) is 57.1 Å². The van der Waals surface area contributed by atoms with Gasteiger partial charge in [0.2, 0.25) is 0 Å². The van der Waals surface area contributed by atoms with Gasteiger partial charge in [-0.05, 0) is 119 Å². The lowest BCUT2D eigenvalue weighted by atomic mass is 9.68. The van der Waals surface area contributed by atoms with Crippen LogP contribution in [0.5, 0.6) is 5.75 Å². The molecule has 7 rings (SSSR count). The quantitative estimate of drug-likeness (QED) is 0.410. The van der Waals surface area contributed by atoms with E-state index in [0.29, 0.717) is 36.2 Å². The van der Waals surface area contributed by atoms with Gasteiger partial charge in [-0.15, -0.1) is 0 Å². The Morgan fingerprint density at radius 3 is 2.70 bits per heavy atom. The second-order valence-corrected chi connectivity index (χ2v) is 17.9. The van der Waals surface area contributed by atoms with E-state index in [0.717, 1.165) is 51.6 Å². The average Bonchev–Trinajstić information content (AvgIpc) is 3.39. The number of likely N-dealkylation sites (N-methyl/N-ethyl adjacent to an activating group) is 1. The minimum atomic E-state index is -3.99. The van der Waals surface area contributed by atoms with E-state index in [1.807, 2.05) is 19.2 Å². The molecule has 2 bridgehead atoms. The number of ketones is 1. The molecular formula is C38H48ClN3O7S. The highest BCUT2D eigenvalue weighted by molar-refractivity contribution is 7.92. The van der Waals surface area contributed by atoms with Gasteiger partial charge in [-0.2, -0.15) is 0 Å². The van der Waals surface area contributed by atoms with Crippen LogP contribution in [0.15, 0.2) is 53.4 Å². The van der Waals surface area contributed by atoms with Crippen LogP contribution in [0.2, 0.25) is 5.02 Å². The standard InChI is InChI=1S/C38H48ClN3O7S/c1-37(2)35(43)22-50(45,46)29-10-13-34-32(19-29)42(23-38(24-47-34)15-4-6-25-18-27(39)9-12-31(25)38)20-26-8-11-30(26)33(7-5-17-48-37)49-36(44)40-28-14-16-41(3)21-28/h5,7,9-10,12-13,18-19,26,28,30,33H,4,6,8,11,14-17,20-24H2,1-3H3,(H,40,44)/b7-5+/t26-,28-,30+,33-,38-/m0/s1. The summed E-state index contributed by atoms with van der Waals surface area (Å²) in [6.07, 6.45) is 8.26. The summed E-state index contributed by atoms with van der Waals surface area (Å²) in [5.41, 5.74) is 1.45. The molecule has 1 amide bonds. The molecule has 5 atom stereocenters. The van der Waals surface area contributed by atoms with Crippen molar-refractivity contribution in [2.24, 2.45) is 11.8 Å². The zero-order chi connectivity index (χ0) is 35.3. The number of ether oxygens (including phenoxy) is 3. The molecule has 2 aromatic rings. The third-order valence-electron chi connectivity index (χ3n) is 11.5. The smallest absolute Gasteiger partial charge is 0.407 e. The number of hydrogen-bond donors (Lipinski definition) is 1. The first-order valence-electron chi connectivity index (χ1n) is 17.8. The molecule has 0 radical (unpaired) electrons. The van der Waals surface area contributed by atoms with Gasteiger partial charge in [0.1, 0.15) is 23.2 Å². The van der Waals surface area contributed by atoms with E-state index in [9.17, 15) is 18.0 Å². The van der Waals surface area contributed by atoms with Crippen molar-refractivity contribution < 1.29 is 32.2 Å². The molecular weight excluding hydrogens is 678 g/mol. The second kappa shape index (κ2) is 13.8. The fraction of sp³-hybridized carbons (Fsp3) is 0.579. The topological polar surface area (TPSA) is 114 Å². The number of amides is 1. The van der Waals surface area contributed by atoms with E-state index in [4.69, 9.17) is 25.8 Å². The van der Waals surface area contributed by atoms with Crippen molar-refractivity contribution in [1.82, 2.24) is 10.2 Å². The molecule has 0 aromatic heterocycles. The van der Waals surface area contributed by atoms with Gasteiger partial charge in [0.25, 0.3) is 0 Å². The number of alkyl carbamates (subject to hydrolysis) is 1. The van der Waals surface area contributed by atoms with Gasteiger partial charge < -0.3 is 29.3 Å². The molecule has 270 valence electrons. The fourth-order valence-corrected chi connectivity index (χ4v) is 10.0. The van der Waals surface area contributed by atoms with Crippen molar-refractivity contribution in [2.45, 2.75) is 80.4 Å². The molecule has 2 aromatic carbocycles. The number of Topliss-reactive ketones (excluding diaryl/α,β-unsaturated/α-hetero) is 1. The van der Waals surface area contributed by atoms with Gasteiger partial charge in [-0.1, -0.05) is 23.7 Å². The van der Waals surface area contributed by atoms with Crippen molar-refractivity contribution in [1.29, 1.82) is 0 Å². The van der Waals surface area contributed by atoms with E-state index < -0.39 is 39.2 Å². The zero-order valence-corrected chi connectivity index (χ0v) is 30.7. The van der Waals surface area contributed by atoms with E-state index >= 15 is 0 Å². The van der Waals surface area contributed by atoms with Crippen LogP contribution in [0, 0.1) is 11.8 Å². The van der Waals surface area contributed by atoms with E-state index in [2.05, 4.69) is 27.2 Å². The van der Waals surface area contributed by atoms with Gasteiger partial charge in [-0.3, -0.25) is 4.79 Å². The Balaban J connectivity index is 1.25. The summed E-state index contributed by atoms with van der Waals surface area (Å²) < 4.78 is 46.2. The predicted molar refractivity (Wildman–Crippen MR) is 192 cm³/mol. The van der Waals surface area contributed by atoms with Gasteiger partial charge in [0, 0.05) is 42.0 Å². The van der Waals surface area contributed by atoms with Crippen LogP contribution in [0.4, 0.5) is 10.5 Å². The molecule has 3 heterocycles. The first-order valence-corrected chi connectivity index (χ1v) is 19.9. The summed E-state index contributed by atoms with van der Waals surface area (Å²) in [4.78, 5) is 31.2. The fourth-order valence-electron chi connectivity index (χ4n) is 8.43. The van der Waals surface area contributed by atoms with Crippen LogP contribution in [-0.4, -0.2) is 95.1 Å². The molecule has 1 spiro atoms. The Labute approximate surface area is 300 Å². The predicted octanol–water partition coefficient (Wildman–Crippen LogP) is 5.35. The summed E-state index contributed by atoms with van der Waals surface area (Å²) in [7, 11) is -1.95. The maximum absolute atomic E-state index is 13.8. The summed E-state index contributed by atoms with van der Waals surface area (Å²) >= 11 is 6.44. The summed E-state index contributed by atoms with van der Waals surface area (Å²) in [6.45, 7) is 6.64. The first kappa shape index (κ1) is 35.3. The van der Waals surface area contributed by atoms with Gasteiger partial charge >= 0.3 is 6.09 Å². The number of hydrogen-bond acceptors (Lipinski definition) is 9. The highest BCUT2D eigenvalue weighted by Gasteiger charge is 2.45. The van der Waals surface area contributed by atoms with Crippen molar-refractivity contribution in [3.8, 4) is 5.75 Å². The van der Waals surface area contributed by atoms with Crippen LogP contribution in [-0.2, 0) is 35.9 Å². The second-order valence-electron chi connectivity index (χ2n) is 15.4. The molecule has 5 aliphatic rings. The number of halogens is 1. The number of nitrogens with zero attached hydrogens (tertiary/aromatic N) is 2. The molecule has 0 unspecified atom stereocenters. The lowest BCUT2D eigenvalue weighted by molar-refractivity contribution is -0.136. The maximum atomic E-state index is 13.8. The number of sulfone groups is 1. The molecule has 2 fully saturated rings. The molecule has 50 heavy (non-hydrogen) atoms. The Morgan fingerprint density at radius 2 is 1.94 bits per heavy atom. The van der Waals surface area contributed by atoms with Gasteiger partial charge in [-0.25, -0.2) is 13.2 Å². The maximum Gasteiger partial charge on any atom is 0.407 e. The van der Waals surface area contributed by atoms with Crippen molar-refractivity contribution in [3.63, 3.8) is 0 Å². The third-order valence-corrected chi connectivity index (χ3v) is 13.4. The SMILES string of the molecule is CN1CC[C@H](NC(=O)O[C@H]2/C=C/COC(C)(C)C(=O)CS(=O)(=O)c3ccc4c(c3)N(C[C@@H]3CC[C@H]32)C[C@@]2(CCCc3cc(Cl)ccc32)CO4)C1. The number of carbonyl (C=O) groups is 2. The molecule has 12 heteroatoms. The number of nitrogens with one attached hydrogen (secondary N) is 1. The number of benzene rings is 2. The molecule has 1 saturated carbocycles. The van der Waals surface area contributed by atoms with E-state index in [-0.39, 0.29) is 34.8 Å². The lowest BCUT2D eigenvalue weighted by Gasteiger charge is -2.46. The molecule has 2 aliphatic carbocycles. The van der Waals surface area contributed by atoms with Crippen LogP contribution in [0.3, 0.4) is 0 Å². The lowest BCUT2D eigenvalue weighted by Crippen LogP contribution is -2.50. The van der Waals surface area contributed by atoms with Crippen LogP contribution < -0.4 is 15.0 Å². The molecule has 10 nitrogen and oxygen atoms in total. The van der Waals surface area contributed by atoms with Crippen molar-refractivity contribution in [2.75, 3.05) is 57.1 Å². The highest BCUT2D eigenvalue weighted by Crippen LogP contribution is 2.47. The Bertz CT molecular complexity index is 1780. The third kappa shape index (κ3) is 7.16. The minimum absolute atomic E-state index is 0.0403. The van der Waals surface area contributed by atoms with E-state index in [1.165, 1.54) is 11.1 Å². The molecule has 3 aliphatic heterocycles. The number of fused-ring (bicyclic) bond motifs is 4. The van der Waals surface area contributed by atoms with Gasteiger partial charge in [0.05, 0.1) is 23.8 Å². The Hall–Kier alpha value is -3.12.